The number of carbonyl (C=O) groups excluding carboxylic acids is 3. The number of amides is 2. The summed E-state index contributed by atoms with van der Waals surface area (Å²) in [6, 6.07) is 13.9. The number of rotatable bonds is 7. The second kappa shape index (κ2) is 10.3. The van der Waals surface area contributed by atoms with Gasteiger partial charge in [0.15, 0.2) is 0 Å². The minimum Gasteiger partial charge on any atom is -0.427 e. The number of hydrogen-bond acceptors (Lipinski definition) is 4. The maximum Gasteiger partial charge on any atom is 0.308 e. The minimum atomic E-state index is -0.453. The van der Waals surface area contributed by atoms with Crippen molar-refractivity contribution in [1.82, 2.24) is 10.6 Å². The number of carbonyl (C=O) groups is 3. The Morgan fingerprint density at radius 1 is 1.04 bits per heavy atom. The van der Waals surface area contributed by atoms with Crippen molar-refractivity contribution >= 4 is 39.8 Å². The number of hydrogen-bond donors (Lipinski definition) is 2. The van der Waals surface area contributed by atoms with Gasteiger partial charge in [0.25, 0.3) is 5.91 Å². The Balaban J connectivity index is 1.76. The van der Waals surface area contributed by atoms with E-state index in [0.717, 1.165) is 10.0 Å². The molecule has 0 aliphatic carbocycles. The van der Waals surface area contributed by atoms with Crippen LogP contribution in [0.2, 0.25) is 0 Å². The van der Waals surface area contributed by atoms with E-state index in [1.165, 1.54) is 19.1 Å². The molecule has 0 radical (unpaired) electrons. The molecule has 0 atom stereocenters. The Labute approximate surface area is 165 Å². The molecule has 2 aromatic carbocycles. The van der Waals surface area contributed by atoms with Crippen LogP contribution >= 0.6 is 15.9 Å². The van der Waals surface area contributed by atoms with Gasteiger partial charge >= 0.3 is 5.97 Å². The first-order valence-electron chi connectivity index (χ1n) is 8.23. The average Bonchev–Trinajstić information content (AvgIpc) is 2.64. The standard InChI is InChI=1S/C20H19BrN2O4/c1-14(24)27-17-7-4-6-16(13-17)20(26)23-12-11-22-19(25)10-9-15-5-2-3-8-18(15)21/h2-10,13H,11-12H2,1H3,(H,22,25)(H,23,26)/b10-9+. The molecule has 27 heavy (non-hydrogen) atoms. The van der Waals surface area contributed by atoms with Crippen LogP contribution in [0.3, 0.4) is 0 Å². The lowest BCUT2D eigenvalue weighted by atomic mass is 10.2. The summed E-state index contributed by atoms with van der Waals surface area (Å²) in [4.78, 5) is 34.9. The van der Waals surface area contributed by atoms with Crippen LogP contribution in [0.5, 0.6) is 5.75 Å². The predicted molar refractivity (Wildman–Crippen MR) is 106 cm³/mol. The van der Waals surface area contributed by atoms with Gasteiger partial charge in [0.1, 0.15) is 5.75 Å². The van der Waals surface area contributed by atoms with Gasteiger partial charge in [-0.2, -0.15) is 0 Å². The molecule has 0 fully saturated rings. The van der Waals surface area contributed by atoms with Crippen LogP contribution in [0.15, 0.2) is 59.1 Å². The van der Waals surface area contributed by atoms with Crippen LogP contribution in [0, 0.1) is 0 Å². The van der Waals surface area contributed by atoms with Gasteiger partial charge < -0.3 is 15.4 Å². The lowest BCUT2D eigenvalue weighted by molar-refractivity contribution is -0.131. The van der Waals surface area contributed by atoms with Crippen molar-refractivity contribution in [2.45, 2.75) is 6.92 Å². The highest BCUT2D eigenvalue weighted by Crippen LogP contribution is 2.17. The molecule has 0 bridgehead atoms. The summed E-state index contributed by atoms with van der Waals surface area (Å²) in [6.45, 7) is 1.85. The molecule has 0 heterocycles. The summed E-state index contributed by atoms with van der Waals surface area (Å²) >= 11 is 3.41. The summed E-state index contributed by atoms with van der Waals surface area (Å²) in [7, 11) is 0. The van der Waals surface area contributed by atoms with Gasteiger partial charge in [0.2, 0.25) is 5.91 Å². The Morgan fingerprint density at radius 3 is 2.52 bits per heavy atom. The fourth-order valence-corrected chi connectivity index (χ4v) is 2.58. The first kappa shape index (κ1) is 20.4. The highest BCUT2D eigenvalue weighted by atomic mass is 79.9. The first-order chi connectivity index (χ1) is 13.0. The molecule has 0 saturated heterocycles. The van der Waals surface area contributed by atoms with Crippen molar-refractivity contribution < 1.29 is 19.1 Å². The number of nitrogens with one attached hydrogen (secondary N) is 2. The van der Waals surface area contributed by atoms with Crippen molar-refractivity contribution in [1.29, 1.82) is 0 Å². The van der Waals surface area contributed by atoms with Crippen LogP contribution in [0.4, 0.5) is 0 Å². The third kappa shape index (κ3) is 7.07. The molecule has 140 valence electrons. The van der Waals surface area contributed by atoms with Crippen molar-refractivity contribution in [3.05, 3.63) is 70.2 Å². The second-order valence-corrected chi connectivity index (χ2v) is 6.38. The summed E-state index contributed by atoms with van der Waals surface area (Å²) in [5.74, 6) is -0.717. The summed E-state index contributed by atoms with van der Waals surface area (Å²) < 4.78 is 5.85. The lowest BCUT2D eigenvalue weighted by Gasteiger charge is -2.07. The highest BCUT2D eigenvalue weighted by molar-refractivity contribution is 9.10. The molecule has 2 N–H and O–H groups in total. The summed E-state index contributed by atoms with van der Waals surface area (Å²) in [6.07, 6.45) is 3.14. The molecule has 2 amide bonds. The van der Waals surface area contributed by atoms with Gasteiger partial charge in [-0.25, -0.2) is 0 Å². The zero-order valence-corrected chi connectivity index (χ0v) is 16.3. The molecular weight excluding hydrogens is 412 g/mol. The Hall–Kier alpha value is -2.93. The molecule has 0 saturated carbocycles. The van der Waals surface area contributed by atoms with Crippen LogP contribution in [0.25, 0.3) is 6.08 Å². The van der Waals surface area contributed by atoms with Crippen molar-refractivity contribution in [2.75, 3.05) is 13.1 Å². The summed E-state index contributed by atoms with van der Waals surface area (Å²) in [5, 5.41) is 5.38. The number of ether oxygens (including phenoxy) is 1. The number of halogens is 1. The van der Waals surface area contributed by atoms with E-state index in [0.29, 0.717) is 11.3 Å². The fourth-order valence-electron chi connectivity index (χ4n) is 2.17. The van der Waals surface area contributed by atoms with Crippen molar-refractivity contribution in [2.24, 2.45) is 0 Å². The molecular formula is C20H19BrN2O4. The fraction of sp³-hybridized carbons (Fsp3) is 0.150. The lowest BCUT2D eigenvalue weighted by Crippen LogP contribution is -2.34. The summed E-state index contributed by atoms with van der Waals surface area (Å²) in [5.41, 5.74) is 1.27. The normalized spacial score (nSPS) is 10.4. The molecule has 0 aromatic heterocycles. The van der Waals surface area contributed by atoms with Gasteiger partial charge in [0.05, 0.1) is 0 Å². The van der Waals surface area contributed by atoms with Gasteiger partial charge in [-0.15, -0.1) is 0 Å². The minimum absolute atomic E-state index is 0.253. The molecule has 0 unspecified atom stereocenters. The molecule has 0 aliphatic heterocycles. The van der Waals surface area contributed by atoms with Gasteiger partial charge in [-0.05, 0) is 35.9 Å². The number of esters is 1. The zero-order valence-electron chi connectivity index (χ0n) is 14.7. The second-order valence-electron chi connectivity index (χ2n) is 5.52. The Bertz CT molecular complexity index is 865. The van der Waals surface area contributed by atoms with Crippen LogP contribution < -0.4 is 15.4 Å². The van der Waals surface area contributed by atoms with E-state index in [9.17, 15) is 14.4 Å². The topological polar surface area (TPSA) is 84.5 Å². The highest BCUT2D eigenvalue weighted by Gasteiger charge is 2.07. The maximum atomic E-state index is 12.1. The third-order valence-electron chi connectivity index (χ3n) is 3.39. The SMILES string of the molecule is CC(=O)Oc1cccc(C(=O)NCCNC(=O)/C=C/c2ccccc2Br)c1. The van der Waals surface area contributed by atoms with E-state index in [-0.39, 0.29) is 24.9 Å². The Kier molecular flexibility index (Phi) is 7.76. The van der Waals surface area contributed by atoms with E-state index >= 15 is 0 Å². The van der Waals surface area contributed by atoms with Gasteiger partial charge in [0, 0.05) is 36.1 Å². The van der Waals surface area contributed by atoms with Crippen LogP contribution in [-0.4, -0.2) is 30.9 Å². The van der Waals surface area contributed by atoms with Crippen molar-refractivity contribution in [3.63, 3.8) is 0 Å². The molecule has 2 aromatic rings. The quantitative estimate of drug-likeness (QED) is 0.306. The molecule has 7 heteroatoms. The van der Waals surface area contributed by atoms with Crippen molar-refractivity contribution in [3.8, 4) is 5.75 Å². The van der Waals surface area contributed by atoms with Gasteiger partial charge in [-0.1, -0.05) is 40.2 Å². The predicted octanol–water partition coefficient (Wildman–Crippen LogP) is 2.93. The maximum absolute atomic E-state index is 12.1. The van der Waals surface area contributed by atoms with Crippen LogP contribution in [-0.2, 0) is 9.59 Å². The molecule has 0 aliphatic rings. The smallest absolute Gasteiger partial charge is 0.308 e. The number of benzene rings is 2. The van der Waals surface area contributed by atoms with E-state index in [1.807, 2.05) is 24.3 Å². The first-order valence-corrected chi connectivity index (χ1v) is 9.02. The van der Waals surface area contributed by atoms with E-state index in [1.54, 1.807) is 24.3 Å². The largest absolute Gasteiger partial charge is 0.427 e. The third-order valence-corrected chi connectivity index (χ3v) is 4.11. The molecule has 6 nitrogen and oxygen atoms in total. The van der Waals surface area contributed by atoms with Crippen LogP contribution in [0.1, 0.15) is 22.8 Å². The average molecular weight is 431 g/mol. The Morgan fingerprint density at radius 2 is 1.78 bits per heavy atom. The zero-order chi connectivity index (χ0) is 19.6. The van der Waals surface area contributed by atoms with E-state index < -0.39 is 5.97 Å². The molecule has 2 rings (SSSR count). The van der Waals surface area contributed by atoms with E-state index in [2.05, 4.69) is 26.6 Å². The van der Waals surface area contributed by atoms with E-state index in [4.69, 9.17) is 4.74 Å². The molecule has 0 spiro atoms. The monoisotopic (exact) mass is 430 g/mol. The van der Waals surface area contributed by atoms with Gasteiger partial charge in [-0.3, -0.25) is 14.4 Å².